The van der Waals surface area contributed by atoms with E-state index in [0.717, 1.165) is 24.3 Å². The summed E-state index contributed by atoms with van der Waals surface area (Å²) >= 11 is 7.63. The van der Waals surface area contributed by atoms with Gasteiger partial charge in [0.05, 0.1) is 10.6 Å². The molecule has 0 bridgehead atoms. The normalized spacial score (nSPS) is 14.6. The highest BCUT2D eigenvalue weighted by Gasteiger charge is 2.19. The van der Waals surface area contributed by atoms with Crippen molar-refractivity contribution in [3.63, 3.8) is 0 Å². The molecule has 2 amide bonds. The summed E-state index contributed by atoms with van der Waals surface area (Å²) in [4.78, 5) is 26.4. The molecule has 21 heavy (non-hydrogen) atoms. The fourth-order valence-corrected chi connectivity index (χ4v) is 2.96. The van der Waals surface area contributed by atoms with Crippen LogP contribution in [0.15, 0.2) is 23.1 Å². The Morgan fingerprint density at radius 2 is 2.29 bits per heavy atom. The highest BCUT2D eigenvalue weighted by Crippen LogP contribution is 2.22. The minimum Gasteiger partial charge on any atom is -0.352 e. The summed E-state index contributed by atoms with van der Waals surface area (Å²) in [5.41, 5.74) is 0.501. The largest absolute Gasteiger partial charge is 0.352 e. The molecule has 1 fully saturated rings. The minimum atomic E-state index is -0.163. The van der Waals surface area contributed by atoms with E-state index >= 15 is 0 Å². The van der Waals surface area contributed by atoms with Crippen LogP contribution in [0.3, 0.4) is 0 Å². The van der Waals surface area contributed by atoms with Crippen molar-refractivity contribution in [2.75, 3.05) is 25.9 Å². The van der Waals surface area contributed by atoms with E-state index in [1.54, 1.807) is 23.9 Å². The number of halogens is 1. The molecule has 0 aromatic heterocycles. The molecule has 1 aromatic carbocycles. The quantitative estimate of drug-likeness (QED) is 0.646. The molecule has 114 valence electrons. The monoisotopic (exact) mass is 326 g/mol. The molecule has 1 saturated heterocycles. The number of nitrogens with zero attached hydrogens (tertiary/aromatic N) is 1. The molecule has 0 atom stereocenters. The van der Waals surface area contributed by atoms with Gasteiger partial charge in [-0.2, -0.15) is 0 Å². The lowest BCUT2D eigenvalue weighted by molar-refractivity contribution is -0.127. The number of nitrogens with one attached hydrogen (secondary N) is 1. The highest BCUT2D eigenvalue weighted by molar-refractivity contribution is 7.98. The van der Waals surface area contributed by atoms with Gasteiger partial charge in [0.15, 0.2) is 0 Å². The van der Waals surface area contributed by atoms with E-state index in [2.05, 4.69) is 5.32 Å². The van der Waals surface area contributed by atoms with Gasteiger partial charge in [-0.3, -0.25) is 9.59 Å². The van der Waals surface area contributed by atoms with Crippen LogP contribution in [0.1, 0.15) is 29.6 Å². The first-order valence-corrected chi connectivity index (χ1v) is 8.61. The Bertz CT molecular complexity index is 536. The van der Waals surface area contributed by atoms with Crippen molar-refractivity contribution in [3.05, 3.63) is 28.8 Å². The van der Waals surface area contributed by atoms with E-state index in [1.807, 2.05) is 17.2 Å². The van der Waals surface area contributed by atoms with E-state index in [0.29, 0.717) is 30.1 Å². The van der Waals surface area contributed by atoms with Crippen LogP contribution >= 0.6 is 23.4 Å². The van der Waals surface area contributed by atoms with E-state index in [9.17, 15) is 9.59 Å². The second-order valence-corrected chi connectivity index (χ2v) is 6.23. The summed E-state index contributed by atoms with van der Waals surface area (Å²) in [7, 11) is 0. The Hall–Kier alpha value is -1.20. The van der Waals surface area contributed by atoms with Gasteiger partial charge in [-0.05, 0) is 37.3 Å². The topological polar surface area (TPSA) is 49.4 Å². The number of hydrogen-bond acceptors (Lipinski definition) is 3. The van der Waals surface area contributed by atoms with Gasteiger partial charge in [0.2, 0.25) is 5.91 Å². The van der Waals surface area contributed by atoms with Gasteiger partial charge in [-0.15, -0.1) is 11.8 Å². The average Bonchev–Trinajstić information content (AvgIpc) is 2.89. The Balaban J connectivity index is 1.80. The molecule has 1 aliphatic rings. The summed E-state index contributed by atoms with van der Waals surface area (Å²) in [5, 5.41) is 3.32. The smallest absolute Gasteiger partial charge is 0.252 e. The van der Waals surface area contributed by atoms with Gasteiger partial charge in [0, 0.05) is 31.0 Å². The zero-order valence-corrected chi connectivity index (χ0v) is 13.6. The molecule has 0 radical (unpaired) electrons. The van der Waals surface area contributed by atoms with E-state index in [-0.39, 0.29) is 11.8 Å². The van der Waals surface area contributed by atoms with Crippen molar-refractivity contribution in [2.24, 2.45) is 0 Å². The number of rotatable bonds is 6. The molecule has 0 spiro atoms. The van der Waals surface area contributed by atoms with Gasteiger partial charge in [0.25, 0.3) is 5.91 Å². The Kier molecular flexibility index (Phi) is 5.94. The SMILES string of the molecule is CSc1ccc(Cl)c(C(=O)NCCCN2CCCC2=O)c1. The van der Waals surface area contributed by atoms with Gasteiger partial charge >= 0.3 is 0 Å². The number of benzene rings is 1. The fraction of sp³-hybridized carbons (Fsp3) is 0.467. The van der Waals surface area contributed by atoms with Crippen LogP contribution in [0.2, 0.25) is 5.02 Å². The maximum atomic E-state index is 12.1. The van der Waals surface area contributed by atoms with Crippen LogP contribution in [-0.4, -0.2) is 42.6 Å². The number of likely N-dealkylation sites (tertiary alicyclic amines) is 1. The number of carbonyl (C=O) groups is 2. The van der Waals surface area contributed by atoms with E-state index in [4.69, 9.17) is 11.6 Å². The Morgan fingerprint density at radius 1 is 1.48 bits per heavy atom. The zero-order chi connectivity index (χ0) is 15.2. The third kappa shape index (κ3) is 4.38. The first kappa shape index (κ1) is 16.2. The molecule has 1 aromatic rings. The molecule has 1 N–H and O–H groups in total. The maximum absolute atomic E-state index is 12.1. The van der Waals surface area contributed by atoms with Crippen LogP contribution in [0.25, 0.3) is 0 Å². The van der Waals surface area contributed by atoms with Crippen molar-refractivity contribution in [1.29, 1.82) is 0 Å². The average molecular weight is 327 g/mol. The predicted molar refractivity (Wildman–Crippen MR) is 86.0 cm³/mol. The minimum absolute atomic E-state index is 0.163. The van der Waals surface area contributed by atoms with Crippen molar-refractivity contribution >= 4 is 35.2 Å². The standard InChI is InChI=1S/C15H19ClN2O2S/c1-21-11-5-6-13(16)12(10-11)15(20)17-7-3-9-18-8-2-4-14(18)19/h5-6,10H,2-4,7-9H2,1H3,(H,17,20). The lowest BCUT2D eigenvalue weighted by atomic mass is 10.2. The first-order valence-electron chi connectivity index (χ1n) is 7.01. The number of hydrogen-bond donors (Lipinski definition) is 1. The van der Waals surface area contributed by atoms with Crippen LogP contribution in [0.5, 0.6) is 0 Å². The Morgan fingerprint density at radius 3 is 2.95 bits per heavy atom. The van der Waals surface area contributed by atoms with Crippen LogP contribution in [0, 0.1) is 0 Å². The molecule has 0 saturated carbocycles. The number of thioether (sulfide) groups is 1. The van der Waals surface area contributed by atoms with Gasteiger partial charge < -0.3 is 10.2 Å². The van der Waals surface area contributed by atoms with Crippen molar-refractivity contribution in [2.45, 2.75) is 24.2 Å². The maximum Gasteiger partial charge on any atom is 0.252 e. The number of amides is 2. The molecule has 1 heterocycles. The fourth-order valence-electron chi connectivity index (χ4n) is 2.31. The van der Waals surface area contributed by atoms with Gasteiger partial charge in [-0.25, -0.2) is 0 Å². The van der Waals surface area contributed by atoms with Crippen molar-refractivity contribution in [3.8, 4) is 0 Å². The summed E-state index contributed by atoms with van der Waals surface area (Å²) < 4.78 is 0. The lowest BCUT2D eigenvalue weighted by Crippen LogP contribution is -2.30. The van der Waals surface area contributed by atoms with E-state index in [1.165, 1.54) is 0 Å². The summed E-state index contributed by atoms with van der Waals surface area (Å²) in [5.74, 6) is 0.0562. The Labute approximate surface area is 134 Å². The molecular weight excluding hydrogens is 308 g/mol. The summed E-state index contributed by atoms with van der Waals surface area (Å²) in [6.45, 7) is 2.09. The third-order valence-electron chi connectivity index (χ3n) is 3.48. The number of carbonyl (C=O) groups excluding carboxylic acids is 2. The van der Waals surface area contributed by atoms with Crippen LogP contribution < -0.4 is 5.32 Å². The molecule has 4 nitrogen and oxygen atoms in total. The molecule has 0 unspecified atom stereocenters. The van der Waals surface area contributed by atoms with E-state index < -0.39 is 0 Å². The van der Waals surface area contributed by atoms with Gasteiger partial charge in [0.1, 0.15) is 0 Å². The van der Waals surface area contributed by atoms with Gasteiger partial charge in [-0.1, -0.05) is 11.6 Å². The molecule has 2 rings (SSSR count). The first-order chi connectivity index (χ1) is 10.1. The highest BCUT2D eigenvalue weighted by atomic mass is 35.5. The predicted octanol–water partition coefficient (Wildman–Crippen LogP) is 2.80. The second-order valence-electron chi connectivity index (χ2n) is 4.94. The molecular formula is C15H19ClN2O2S. The van der Waals surface area contributed by atoms with Crippen LogP contribution in [-0.2, 0) is 4.79 Å². The molecule has 0 aliphatic carbocycles. The zero-order valence-electron chi connectivity index (χ0n) is 12.0. The summed E-state index contributed by atoms with van der Waals surface area (Å²) in [6.07, 6.45) is 4.32. The lowest BCUT2D eigenvalue weighted by Gasteiger charge is -2.15. The van der Waals surface area contributed by atoms with Crippen molar-refractivity contribution in [1.82, 2.24) is 10.2 Å². The third-order valence-corrected chi connectivity index (χ3v) is 4.53. The summed E-state index contributed by atoms with van der Waals surface area (Å²) in [6, 6.07) is 5.43. The molecule has 1 aliphatic heterocycles. The second kappa shape index (κ2) is 7.71. The van der Waals surface area contributed by atoms with Crippen molar-refractivity contribution < 1.29 is 9.59 Å². The molecule has 6 heteroatoms. The van der Waals surface area contributed by atoms with Crippen LogP contribution in [0.4, 0.5) is 0 Å².